The van der Waals surface area contributed by atoms with Crippen LogP contribution in [0.2, 0.25) is 0 Å². The minimum Gasteiger partial charge on any atom is -0.0882 e. The molecule has 0 aliphatic carbocycles. The van der Waals surface area contributed by atoms with Gasteiger partial charge in [0.05, 0.1) is 0 Å². The number of hydrogen-bond donors (Lipinski definition) is 0. The van der Waals surface area contributed by atoms with Crippen molar-refractivity contribution in [2.45, 2.75) is 32.6 Å². The molecule has 0 rings (SSSR count). The maximum atomic E-state index is 5.17. The highest BCUT2D eigenvalue weighted by Gasteiger charge is 1.75. The van der Waals surface area contributed by atoms with Gasteiger partial charge in [-0.15, -0.1) is 0 Å². The summed E-state index contributed by atoms with van der Waals surface area (Å²) >= 11 is 0. The molecule has 0 amide bonds. The van der Waals surface area contributed by atoms with Crippen LogP contribution in [-0.4, -0.2) is 0 Å². The molecule has 0 aromatic carbocycles. The van der Waals surface area contributed by atoms with Crippen LogP contribution >= 0.6 is 0 Å². The first-order chi connectivity index (χ1) is 4.41. The summed E-state index contributed by atoms with van der Waals surface area (Å²) in [6.07, 6.45) is 10.6. The van der Waals surface area contributed by atoms with Gasteiger partial charge in [0, 0.05) is 0 Å². The Labute approximate surface area is 58.3 Å². The van der Waals surface area contributed by atoms with Crippen LogP contribution in [0.5, 0.6) is 0 Å². The van der Waals surface area contributed by atoms with Gasteiger partial charge in [-0.2, -0.15) is 0 Å². The lowest BCUT2D eigenvalue weighted by Gasteiger charge is -1.85. The fraction of sp³-hybridized carbons (Fsp3) is 0.556. The highest BCUT2D eigenvalue weighted by Crippen LogP contribution is 1.95. The van der Waals surface area contributed by atoms with Crippen molar-refractivity contribution >= 4 is 0 Å². The Kier molecular flexibility index (Phi) is 7.05. The molecule has 0 unspecified atom stereocenters. The van der Waals surface area contributed by atoms with Crippen LogP contribution in [0, 0.1) is 6.58 Å². The van der Waals surface area contributed by atoms with Crippen LogP contribution in [0.4, 0.5) is 0 Å². The molecule has 9 heavy (non-hydrogen) atoms. The van der Waals surface area contributed by atoms with Crippen LogP contribution in [-0.2, 0) is 0 Å². The molecule has 0 atom stereocenters. The van der Waals surface area contributed by atoms with Gasteiger partial charge in [-0.1, -0.05) is 44.6 Å². The predicted octanol–water partition coefficient (Wildman–Crippen LogP) is 3.11. The molecule has 0 aliphatic heterocycles. The topological polar surface area (TPSA) is 0 Å². The standard InChI is InChI=1S/C9H15/c1-3-5-7-9-8-6-4-2/h1,3,7,9H,4-6,8H2,2H3/b3-1?,9-7+. The highest BCUT2D eigenvalue weighted by atomic mass is 13.8. The Balaban J connectivity index is 2.94. The van der Waals surface area contributed by atoms with E-state index in [1.165, 1.54) is 19.3 Å². The normalized spacial score (nSPS) is 10.3. The molecule has 1 radical (unpaired) electrons. The molecule has 51 valence electrons. The molecule has 0 spiro atoms. The quantitative estimate of drug-likeness (QED) is 0.389. The third kappa shape index (κ3) is 7.48. The maximum Gasteiger partial charge on any atom is -0.0166 e. The van der Waals surface area contributed by atoms with Crippen molar-refractivity contribution in [2.24, 2.45) is 0 Å². The van der Waals surface area contributed by atoms with Crippen molar-refractivity contribution in [1.29, 1.82) is 0 Å². The Bertz CT molecular complexity index is 80.0. The number of hydrogen-bond acceptors (Lipinski definition) is 0. The Morgan fingerprint density at radius 3 is 2.67 bits per heavy atom. The number of rotatable bonds is 5. The average molecular weight is 123 g/mol. The summed E-state index contributed by atoms with van der Waals surface area (Å²) in [5, 5.41) is 0. The van der Waals surface area contributed by atoms with Crippen molar-refractivity contribution in [2.75, 3.05) is 0 Å². The first-order valence-electron chi connectivity index (χ1n) is 3.60. The lowest BCUT2D eigenvalue weighted by atomic mass is 10.2. The molecule has 0 aliphatic rings. The fourth-order valence-corrected chi connectivity index (χ4v) is 0.615. The zero-order valence-electron chi connectivity index (χ0n) is 6.14. The van der Waals surface area contributed by atoms with Crippen molar-refractivity contribution in [3.8, 4) is 0 Å². The fourth-order valence-electron chi connectivity index (χ4n) is 0.615. The third-order valence-corrected chi connectivity index (χ3v) is 1.16. The lowest BCUT2D eigenvalue weighted by Crippen LogP contribution is -1.65. The lowest BCUT2D eigenvalue weighted by molar-refractivity contribution is 0.813. The van der Waals surface area contributed by atoms with E-state index < -0.39 is 0 Å². The Morgan fingerprint density at radius 1 is 1.33 bits per heavy atom. The van der Waals surface area contributed by atoms with E-state index in [0.29, 0.717) is 0 Å². The molecular weight excluding hydrogens is 108 g/mol. The van der Waals surface area contributed by atoms with E-state index >= 15 is 0 Å². The van der Waals surface area contributed by atoms with Gasteiger partial charge in [-0.05, 0) is 12.8 Å². The van der Waals surface area contributed by atoms with Crippen molar-refractivity contribution in [3.05, 3.63) is 24.8 Å². The molecule has 0 aromatic heterocycles. The highest BCUT2D eigenvalue weighted by molar-refractivity contribution is 4.86. The van der Waals surface area contributed by atoms with Gasteiger partial charge in [-0.25, -0.2) is 0 Å². The summed E-state index contributed by atoms with van der Waals surface area (Å²) in [5.74, 6) is 0. The summed E-state index contributed by atoms with van der Waals surface area (Å²) in [6.45, 7) is 7.36. The van der Waals surface area contributed by atoms with Crippen molar-refractivity contribution in [1.82, 2.24) is 0 Å². The first-order valence-corrected chi connectivity index (χ1v) is 3.60. The largest absolute Gasteiger partial charge is 0.0882 e. The van der Waals surface area contributed by atoms with Crippen molar-refractivity contribution < 1.29 is 0 Å². The molecule has 0 saturated heterocycles. The summed E-state index contributed by atoms with van der Waals surface area (Å²) in [7, 11) is 0. The summed E-state index contributed by atoms with van der Waals surface area (Å²) in [4.78, 5) is 0. The molecule has 0 nitrogen and oxygen atoms in total. The van der Waals surface area contributed by atoms with Gasteiger partial charge < -0.3 is 0 Å². The second kappa shape index (κ2) is 7.48. The first kappa shape index (κ1) is 8.48. The molecule has 0 bridgehead atoms. The van der Waals surface area contributed by atoms with Crippen LogP contribution in [0.1, 0.15) is 32.6 Å². The zero-order chi connectivity index (χ0) is 6.95. The molecule has 0 fully saturated rings. The third-order valence-electron chi connectivity index (χ3n) is 1.16. The van der Waals surface area contributed by atoms with Gasteiger partial charge in [0.25, 0.3) is 0 Å². The Hall–Kier alpha value is -0.520. The van der Waals surface area contributed by atoms with Crippen LogP contribution < -0.4 is 0 Å². The number of unbranched alkanes of at least 4 members (excludes halogenated alkanes) is 2. The smallest absolute Gasteiger partial charge is 0.0166 e. The summed E-state index contributed by atoms with van der Waals surface area (Å²) in [6, 6.07) is 0. The van der Waals surface area contributed by atoms with E-state index in [9.17, 15) is 0 Å². The van der Waals surface area contributed by atoms with Gasteiger partial charge in [0.15, 0.2) is 0 Å². The monoisotopic (exact) mass is 123 g/mol. The van der Waals surface area contributed by atoms with E-state index in [0.717, 1.165) is 6.42 Å². The predicted molar refractivity (Wildman–Crippen MR) is 42.2 cm³/mol. The molecule has 0 heterocycles. The van der Waals surface area contributed by atoms with Crippen LogP contribution in [0.3, 0.4) is 0 Å². The molecular formula is C9H15. The molecule has 0 N–H and O–H groups in total. The van der Waals surface area contributed by atoms with E-state index in [-0.39, 0.29) is 0 Å². The van der Waals surface area contributed by atoms with E-state index in [4.69, 9.17) is 6.58 Å². The maximum absolute atomic E-state index is 5.17. The van der Waals surface area contributed by atoms with Gasteiger partial charge in [0.2, 0.25) is 0 Å². The minimum atomic E-state index is 0.906. The molecule has 0 heteroatoms. The van der Waals surface area contributed by atoms with E-state index in [1.54, 1.807) is 6.08 Å². The second-order valence-electron chi connectivity index (χ2n) is 2.09. The SMILES string of the molecule is [CH]=CC/C=C/CCCC. The average Bonchev–Trinajstić information content (AvgIpc) is 1.89. The number of allylic oxidation sites excluding steroid dienone is 3. The van der Waals surface area contributed by atoms with Gasteiger partial charge >= 0.3 is 0 Å². The second-order valence-corrected chi connectivity index (χ2v) is 2.09. The van der Waals surface area contributed by atoms with E-state index in [1.807, 2.05) is 0 Å². The summed E-state index contributed by atoms with van der Waals surface area (Å²) < 4.78 is 0. The molecule has 0 saturated carbocycles. The molecule has 0 aromatic rings. The van der Waals surface area contributed by atoms with Crippen LogP contribution in [0.15, 0.2) is 18.2 Å². The van der Waals surface area contributed by atoms with Crippen LogP contribution in [0.25, 0.3) is 0 Å². The van der Waals surface area contributed by atoms with E-state index in [2.05, 4.69) is 19.1 Å². The Morgan fingerprint density at radius 2 is 2.11 bits per heavy atom. The van der Waals surface area contributed by atoms with Gasteiger partial charge in [-0.3, -0.25) is 0 Å². The van der Waals surface area contributed by atoms with Crippen molar-refractivity contribution in [3.63, 3.8) is 0 Å². The zero-order valence-corrected chi connectivity index (χ0v) is 6.14. The summed E-state index contributed by atoms with van der Waals surface area (Å²) in [5.41, 5.74) is 0. The van der Waals surface area contributed by atoms with Gasteiger partial charge in [0.1, 0.15) is 0 Å². The minimum absolute atomic E-state index is 0.906.